The van der Waals surface area contributed by atoms with Crippen LogP contribution < -0.4 is 9.64 Å². The van der Waals surface area contributed by atoms with Gasteiger partial charge in [-0.1, -0.05) is 47.5 Å². The van der Waals surface area contributed by atoms with Crippen LogP contribution in [0.5, 0.6) is 11.5 Å². The van der Waals surface area contributed by atoms with E-state index in [4.69, 9.17) is 27.9 Å². The molecule has 0 spiro atoms. The summed E-state index contributed by atoms with van der Waals surface area (Å²) in [7, 11) is 1.82. The van der Waals surface area contributed by atoms with E-state index in [9.17, 15) is 9.90 Å². The summed E-state index contributed by atoms with van der Waals surface area (Å²) in [6.45, 7) is 8.50. The van der Waals surface area contributed by atoms with E-state index in [1.54, 1.807) is 24.0 Å². The second-order valence-electron chi connectivity index (χ2n) is 11.4. The Hall–Kier alpha value is -2.44. The smallest absolute Gasteiger partial charge is 0.223 e. The molecule has 1 heterocycles. The van der Waals surface area contributed by atoms with E-state index < -0.39 is 0 Å². The summed E-state index contributed by atoms with van der Waals surface area (Å²) in [5.41, 5.74) is 5.69. The number of phenols is 1. The summed E-state index contributed by atoms with van der Waals surface area (Å²) in [5, 5.41) is 10.9. The number of ether oxygens (including phenoxy) is 1. The molecule has 1 aliphatic heterocycles. The molecule has 0 bridgehead atoms. The number of hydrogen-bond acceptors (Lipinski definition) is 4. The molecule has 8 heteroatoms. The van der Waals surface area contributed by atoms with Crippen molar-refractivity contribution in [3.63, 3.8) is 0 Å². The van der Waals surface area contributed by atoms with Gasteiger partial charge in [-0.25, -0.2) is 0 Å². The first-order valence-corrected chi connectivity index (χ1v) is 15.4. The van der Waals surface area contributed by atoms with Gasteiger partial charge in [0.05, 0.1) is 21.8 Å². The third kappa shape index (κ3) is 8.79. The fourth-order valence-corrected chi connectivity index (χ4v) is 6.28. The average Bonchev–Trinajstić information content (AvgIpc) is 2.94. The monoisotopic (exact) mass is 632 g/mol. The fourth-order valence-electron chi connectivity index (χ4n) is 5.78. The molecule has 1 amide bonds. The van der Waals surface area contributed by atoms with Gasteiger partial charge in [-0.05, 0) is 118 Å². The Kier molecular flexibility index (Phi) is 12.9. The number of amides is 1. The van der Waals surface area contributed by atoms with Crippen LogP contribution in [0.4, 0.5) is 5.69 Å². The zero-order chi connectivity index (χ0) is 29.5. The van der Waals surface area contributed by atoms with Crippen molar-refractivity contribution >= 4 is 47.2 Å². The summed E-state index contributed by atoms with van der Waals surface area (Å²) in [5.74, 6) is 1.53. The highest BCUT2D eigenvalue weighted by Gasteiger charge is 2.26. The molecule has 5 nitrogen and oxygen atoms in total. The lowest BCUT2D eigenvalue weighted by Crippen LogP contribution is -2.32. The second-order valence-corrected chi connectivity index (χ2v) is 12.1. The average molecular weight is 634 g/mol. The van der Waals surface area contributed by atoms with E-state index in [0.717, 1.165) is 75.2 Å². The number of phenolic OH excluding ortho intramolecular Hbond substituents is 1. The Morgan fingerprint density at radius 3 is 2.33 bits per heavy atom. The molecule has 228 valence electrons. The van der Waals surface area contributed by atoms with Crippen LogP contribution in [0.3, 0.4) is 0 Å². The zero-order valence-corrected chi connectivity index (χ0v) is 27.4. The standard InChI is InChI=1S/C34H42Cl2N2O3.ClH/c1-23(2)41-32-11-7-10-31(37(4)24(3)39)29(32)9-6-5-8-26-14-17-30(35)34(36)33(26)27-18-20-38(21-19-27)22-25-12-15-28(40)16-13-25;/h7,10-17,23,27,40H,5-6,8-9,18-22H2,1-4H3;1H. The van der Waals surface area contributed by atoms with E-state index >= 15 is 0 Å². The lowest BCUT2D eigenvalue weighted by molar-refractivity contribution is -0.116. The largest absolute Gasteiger partial charge is 0.508 e. The van der Waals surface area contributed by atoms with Crippen molar-refractivity contribution in [2.75, 3.05) is 25.0 Å². The molecule has 0 atom stereocenters. The highest BCUT2D eigenvalue weighted by atomic mass is 35.5. The van der Waals surface area contributed by atoms with Crippen molar-refractivity contribution in [2.24, 2.45) is 0 Å². The molecule has 42 heavy (non-hydrogen) atoms. The summed E-state index contributed by atoms with van der Waals surface area (Å²) >= 11 is 13.4. The molecule has 1 saturated heterocycles. The molecule has 3 aromatic carbocycles. The molecule has 0 aromatic heterocycles. The maximum atomic E-state index is 12.2. The van der Waals surface area contributed by atoms with E-state index in [0.29, 0.717) is 21.7 Å². The van der Waals surface area contributed by atoms with Gasteiger partial charge < -0.3 is 14.7 Å². The maximum absolute atomic E-state index is 12.2. The molecule has 1 N–H and O–H groups in total. The number of likely N-dealkylation sites (tertiary alicyclic amines) is 1. The molecule has 0 saturated carbocycles. The second kappa shape index (κ2) is 15.9. The number of aromatic hydroxyl groups is 1. The van der Waals surface area contributed by atoms with Crippen LogP contribution in [0.15, 0.2) is 54.6 Å². The minimum atomic E-state index is 0. The van der Waals surface area contributed by atoms with Crippen molar-refractivity contribution in [3.05, 3.63) is 86.9 Å². The van der Waals surface area contributed by atoms with Gasteiger partial charge in [0.2, 0.25) is 5.91 Å². The Bertz CT molecular complexity index is 1320. The summed E-state index contributed by atoms with van der Waals surface area (Å²) in [6, 6.07) is 17.5. The third-order valence-corrected chi connectivity index (χ3v) is 8.81. The van der Waals surface area contributed by atoms with Gasteiger partial charge in [0.1, 0.15) is 11.5 Å². The molecule has 0 aliphatic carbocycles. The molecule has 3 aromatic rings. The van der Waals surface area contributed by atoms with Crippen LogP contribution in [0.1, 0.15) is 74.6 Å². The Labute approximate surface area is 267 Å². The number of carbonyl (C=O) groups excluding carboxylic acids is 1. The van der Waals surface area contributed by atoms with Gasteiger partial charge in [-0.3, -0.25) is 9.69 Å². The normalized spacial score (nSPS) is 14.1. The number of rotatable bonds is 11. The number of hydrogen-bond donors (Lipinski definition) is 1. The van der Waals surface area contributed by atoms with Crippen molar-refractivity contribution in [1.82, 2.24) is 4.90 Å². The van der Waals surface area contributed by atoms with E-state index in [1.165, 1.54) is 16.7 Å². The Morgan fingerprint density at radius 2 is 1.69 bits per heavy atom. The van der Waals surface area contributed by atoms with Gasteiger partial charge in [-0.2, -0.15) is 0 Å². The maximum Gasteiger partial charge on any atom is 0.223 e. The van der Waals surface area contributed by atoms with Crippen LogP contribution in [0.25, 0.3) is 0 Å². The number of nitrogens with zero attached hydrogens (tertiary/aromatic N) is 2. The van der Waals surface area contributed by atoms with Gasteiger partial charge in [0.25, 0.3) is 0 Å². The number of piperidine rings is 1. The number of unbranched alkanes of at least 4 members (excludes halogenated alkanes) is 1. The predicted molar refractivity (Wildman–Crippen MR) is 177 cm³/mol. The highest BCUT2D eigenvalue weighted by molar-refractivity contribution is 6.42. The van der Waals surface area contributed by atoms with Crippen LogP contribution >= 0.6 is 35.6 Å². The fraction of sp³-hybridized carbons (Fsp3) is 0.441. The van der Waals surface area contributed by atoms with Crippen LogP contribution in [0, 0.1) is 0 Å². The highest BCUT2D eigenvalue weighted by Crippen LogP contribution is 2.40. The number of halogens is 3. The number of anilines is 1. The van der Waals surface area contributed by atoms with Gasteiger partial charge in [0.15, 0.2) is 0 Å². The lowest BCUT2D eigenvalue weighted by Gasteiger charge is -2.33. The van der Waals surface area contributed by atoms with Crippen molar-refractivity contribution in [1.29, 1.82) is 0 Å². The van der Waals surface area contributed by atoms with Crippen molar-refractivity contribution in [3.8, 4) is 11.5 Å². The van der Waals surface area contributed by atoms with Crippen LogP contribution in [-0.2, 0) is 24.2 Å². The van der Waals surface area contributed by atoms with Crippen molar-refractivity contribution in [2.45, 2.75) is 77.9 Å². The van der Waals surface area contributed by atoms with E-state index in [-0.39, 0.29) is 24.4 Å². The topological polar surface area (TPSA) is 53.0 Å². The predicted octanol–water partition coefficient (Wildman–Crippen LogP) is 8.84. The Morgan fingerprint density at radius 1 is 1.02 bits per heavy atom. The summed E-state index contributed by atoms with van der Waals surface area (Å²) < 4.78 is 6.12. The van der Waals surface area contributed by atoms with Crippen LogP contribution in [0.2, 0.25) is 10.0 Å². The minimum absolute atomic E-state index is 0. The van der Waals surface area contributed by atoms with Gasteiger partial charge in [0, 0.05) is 26.1 Å². The molecule has 0 unspecified atom stereocenters. The molecular formula is C34H43Cl3N2O3. The van der Waals surface area contributed by atoms with Gasteiger partial charge >= 0.3 is 0 Å². The zero-order valence-electron chi connectivity index (χ0n) is 25.0. The number of benzene rings is 3. The first kappa shape index (κ1) is 34.1. The van der Waals surface area contributed by atoms with Crippen molar-refractivity contribution < 1.29 is 14.6 Å². The summed E-state index contributed by atoms with van der Waals surface area (Å²) in [6.07, 6.45) is 5.81. The minimum Gasteiger partial charge on any atom is -0.508 e. The third-order valence-electron chi connectivity index (χ3n) is 7.99. The molecule has 0 radical (unpaired) electrons. The van der Waals surface area contributed by atoms with Gasteiger partial charge in [-0.15, -0.1) is 12.4 Å². The lowest BCUT2D eigenvalue weighted by atomic mass is 9.84. The number of carbonyl (C=O) groups is 1. The number of aryl methyl sites for hydroxylation is 1. The van der Waals surface area contributed by atoms with Crippen LogP contribution in [-0.4, -0.2) is 42.2 Å². The Balaban J connectivity index is 0.00000484. The molecule has 4 rings (SSSR count). The molecular weight excluding hydrogens is 591 g/mol. The van der Waals surface area contributed by atoms with E-state index in [2.05, 4.69) is 11.0 Å². The van der Waals surface area contributed by atoms with E-state index in [1.807, 2.05) is 57.3 Å². The summed E-state index contributed by atoms with van der Waals surface area (Å²) in [4.78, 5) is 16.3. The first-order chi connectivity index (χ1) is 19.6. The SMILES string of the molecule is CC(=O)N(C)c1cccc(OC(C)C)c1CCCCc1ccc(Cl)c(Cl)c1C1CCN(Cc2ccc(O)cc2)CC1.Cl. The first-order valence-electron chi connectivity index (χ1n) is 14.6. The molecule has 1 fully saturated rings. The quantitative estimate of drug-likeness (QED) is 0.214. The molecule has 1 aliphatic rings.